The van der Waals surface area contributed by atoms with E-state index in [2.05, 4.69) is 4.98 Å². The lowest BCUT2D eigenvalue weighted by Crippen LogP contribution is -2.26. The van der Waals surface area contributed by atoms with Gasteiger partial charge in [-0.25, -0.2) is 13.4 Å². The Labute approximate surface area is 111 Å². The van der Waals surface area contributed by atoms with E-state index in [9.17, 15) is 8.42 Å². The van der Waals surface area contributed by atoms with Crippen molar-refractivity contribution in [1.82, 2.24) is 9.29 Å². The molecule has 0 saturated heterocycles. The topological polar surface area (TPSA) is 50.3 Å². The number of hydrogen-bond donors (Lipinski definition) is 0. The predicted molar refractivity (Wildman–Crippen MR) is 71.9 cm³/mol. The summed E-state index contributed by atoms with van der Waals surface area (Å²) in [6.07, 6.45) is 1.67. The van der Waals surface area contributed by atoms with Crippen molar-refractivity contribution in [3.63, 3.8) is 0 Å². The van der Waals surface area contributed by atoms with Crippen molar-refractivity contribution in [2.75, 3.05) is 7.05 Å². The first-order chi connectivity index (χ1) is 8.50. The Morgan fingerprint density at radius 2 is 2.17 bits per heavy atom. The molecule has 0 aliphatic carbocycles. The van der Waals surface area contributed by atoms with Crippen molar-refractivity contribution in [1.29, 1.82) is 0 Å². The van der Waals surface area contributed by atoms with Crippen LogP contribution in [-0.2, 0) is 16.6 Å². The molecule has 0 unspecified atom stereocenters. The van der Waals surface area contributed by atoms with E-state index in [4.69, 9.17) is 0 Å². The van der Waals surface area contributed by atoms with Crippen molar-refractivity contribution < 1.29 is 8.42 Å². The molecular weight excluding hydrogens is 268 g/mol. The van der Waals surface area contributed by atoms with E-state index in [1.807, 2.05) is 18.4 Å². The number of hydrogen-bond acceptors (Lipinski definition) is 4. The maximum absolute atomic E-state index is 12.3. The van der Waals surface area contributed by atoms with Gasteiger partial charge in [-0.1, -0.05) is 12.1 Å². The van der Waals surface area contributed by atoms with Crippen molar-refractivity contribution >= 4 is 21.4 Å². The van der Waals surface area contributed by atoms with Gasteiger partial charge in [-0.2, -0.15) is 4.31 Å². The molecule has 6 heteroatoms. The maximum atomic E-state index is 12.3. The SMILES string of the molecule is Cc1cccc(S(=O)(=O)N(C)Cc2nccs2)c1. The standard InChI is InChI=1S/C12H14N2O2S2/c1-10-4-3-5-11(8-10)18(15,16)14(2)9-12-13-6-7-17-12/h3-8H,9H2,1-2H3. The number of benzene rings is 1. The van der Waals surface area contributed by atoms with Crippen LogP contribution in [0.15, 0.2) is 40.7 Å². The Morgan fingerprint density at radius 3 is 2.78 bits per heavy atom. The Morgan fingerprint density at radius 1 is 1.39 bits per heavy atom. The lowest BCUT2D eigenvalue weighted by Gasteiger charge is -2.16. The van der Waals surface area contributed by atoms with Crippen LogP contribution in [0, 0.1) is 6.92 Å². The van der Waals surface area contributed by atoms with E-state index < -0.39 is 10.0 Å². The summed E-state index contributed by atoms with van der Waals surface area (Å²) in [4.78, 5) is 4.41. The van der Waals surface area contributed by atoms with Crippen molar-refractivity contribution in [2.24, 2.45) is 0 Å². The molecule has 0 aliphatic rings. The molecule has 1 heterocycles. The van der Waals surface area contributed by atoms with Crippen LogP contribution in [0.4, 0.5) is 0 Å². The molecule has 0 atom stereocenters. The summed E-state index contributed by atoms with van der Waals surface area (Å²) < 4.78 is 25.9. The molecule has 0 N–H and O–H groups in total. The third-order valence-corrected chi connectivity index (χ3v) is 5.10. The van der Waals surface area contributed by atoms with Crippen molar-refractivity contribution in [3.8, 4) is 0 Å². The first-order valence-electron chi connectivity index (χ1n) is 5.41. The first kappa shape index (κ1) is 13.2. The van der Waals surface area contributed by atoms with Crippen LogP contribution in [-0.4, -0.2) is 24.8 Å². The quantitative estimate of drug-likeness (QED) is 0.864. The lowest BCUT2D eigenvalue weighted by molar-refractivity contribution is 0.466. The van der Waals surface area contributed by atoms with Gasteiger partial charge in [0.05, 0.1) is 11.4 Å². The zero-order valence-electron chi connectivity index (χ0n) is 10.2. The zero-order valence-corrected chi connectivity index (χ0v) is 11.8. The summed E-state index contributed by atoms with van der Waals surface area (Å²) in [6, 6.07) is 6.91. The van der Waals surface area contributed by atoms with Crippen LogP contribution >= 0.6 is 11.3 Å². The Hall–Kier alpha value is -1.24. The molecule has 0 fully saturated rings. The molecule has 2 rings (SSSR count). The third kappa shape index (κ3) is 2.77. The summed E-state index contributed by atoms with van der Waals surface area (Å²) in [5, 5.41) is 2.62. The smallest absolute Gasteiger partial charge is 0.243 e. The molecule has 18 heavy (non-hydrogen) atoms. The molecule has 96 valence electrons. The minimum Gasteiger partial charge on any atom is -0.248 e. The summed E-state index contributed by atoms with van der Waals surface area (Å²) >= 11 is 1.45. The Balaban J connectivity index is 2.25. The molecule has 0 amide bonds. The van der Waals surface area contributed by atoms with E-state index in [0.717, 1.165) is 10.6 Å². The highest BCUT2D eigenvalue weighted by Gasteiger charge is 2.21. The van der Waals surface area contributed by atoms with Crippen molar-refractivity contribution in [3.05, 3.63) is 46.4 Å². The molecule has 0 aliphatic heterocycles. The fraction of sp³-hybridized carbons (Fsp3) is 0.250. The fourth-order valence-corrected chi connectivity index (χ4v) is 3.55. The van der Waals surface area contributed by atoms with Crippen LogP contribution in [0.5, 0.6) is 0 Å². The van der Waals surface area contributed by atoms with E-state index >= 15 is 0 Å². The van der Waals surface area contributed by atoms with Gasteiger partial charge in [0.15, 0.2) is 0 Å². The van der Waals surface area contributed by atoms with Gasteiger partial charge in [0.25, 0.3) is 0 Å². The van der Waals surface area contributed by atoms with Gasteiger partial charge in [-0.15, -0.1) is 11.3 Å². The van der Waals surface area contributed by atoms with Gasteiger partial charge in [0.2, 0.25) is 10.0 Å². The van der Waals surface area contributed by atoms with Gasteiger partial charge in [0.1, 0.15) is 5.01 Å². The largest absolute Gasteiger partial charge is 0.248 e. The minimum atomic E-state index is -3.44. The number of sulfonamides is 1. The molecule has 1 aromatic heterocycles. The predicted octanol–water partition coefficient (Wildman–Crippen LogP) is 2.27. The summed E-state index contributed by atoms with van der Waals surface area (Å²) in [5.41, 5.74) is 0.929. The molecule has 2 aromatic rings. The summed E-state index contributed by atoms with van der Waals surface area (Å²) in [5.74, 6) is 0. The van der Waals surface area contributed by atoms with E-state index in [-0.39, 0.29) is 0 Å². The molecular formula is C12H14N2O2S2. The number of aryl methyl sites for hydroxylation is 1. The lowest BCUT2D eigenvalue weighted by atomic mass is 10.2. The van der Waals surface area contributed by atoms with Crippen LogP contribution in [0.1, 0.15) is 10.6 Å². The highest BCUT2D eigenvalue weighted by atomic mass is 32.2. The number of rotatable bonds is 4. The Kier molecular flexibility index (Phi) is 3.79. The van der Waals surface area contributed by atoms with Gasteiger partial charge in [0, 0.05) is 18.6 Å². The van der Waals surface area contributed by atoms with Crippen LogP contribution in [0.3, 0.4) is 0 Å². The number of nitrogens with zero attached hydrogens (tertiary/aromatic N) is 2. The van der Waals surface area contributed by atoms with Gasteiger partial charge in [-0.3, -0.25) is 0 Å². The second kappa shape index (κ2) is 5.17. The van der Waals surface area contributed by atoms with Crippen LogP contribution in [0.2, 0.25) is 0 Å². The minimum absolute atomic E-state index is 0.300. The third-order valence-electron chi connectivity index (χ3n) is 2.54. The average Bonchev–Trinajstić information content (AvgIpc) is 2.81. The zero-order chi connectivity index (χ0) is 13.2. The fourth-order valence-electron chi connectivity index (χ4n) is 1.56. The molecule has 1 aromatic carbocycles. The summed E-state index contributed by atoms with van der Waals surface area (Å²) in [7, 11) is -1.87. The van der Waals surface area contributed by atoms with Gasteiger partial charge < -0.3 is 0 Å². The highest BCUT2D eigenvalue weighted by molar-refractivity contribution is 7.89. The van der Waals surface area contributed by atoms with E-state index in [0.29, 0.717) is 11.4 Å². The molecule has 0 bridgehead atoms. The number of aromatic nitrogens is 1. The summed E-state index contributed by atoms with van der Waals surface area (Å²) in [6.45, 7) is 2.17. The molecule has 0 radical (unpaired) electrons. The van der Waals surface area contributed by atoms with Gasteiger partial charge in [-0.05, 0) is 24.6 Å². The second-order valence-electron chi connectivity index (χ2n) is 4.00. The van der Waals surface area contributed by atoms with Crippen molar-refractivity contribution in [2.45, 2.75) is 18.4 Å². The average molecular weight is 282 g/mol. The van der Waals surface area contributed by atoms with Crippen LogP contribution in [0.25, 0.3) is 0 Å². The molecule has 4 nitrogen and oxygen atoms in total. The van der Waals surface area contributed by atoms with E-state index in [1.54, 1.807) is 31.4 Å². The first-order valence-corrected chi connectivity index (χ1v) is 7.73. The maximum Gasteiger partial charge on any atom is 0.243 e. The highest BCUT2D eigenvalue weighted by Crippen LogP contribution is 2.18. The van der Waals surface area contributed by atoms with Gasteiger partial charge >= 0.3 is 0 Å². The molecule has 0 saturated carbocycles. The molecule has 0 spiro atoms. The number of thiazole rings is 1. The second-order valence-corrected chi connectivity index (χ2v) is 7.03. The monoisotopic (exact) mass is 282 g/mol. The normalized spacial score (nSPS) is 11.9. The Bertz CT molecular complexity index is 621. The van der Waals surface area contributed by atoms with Crippen LogP contribution < -0.4 is 0 Å². The van der Waals surface area contributed by atoms with E-state index in [1.165, 1.54) is 15.6 Å².